The van der Waals surface area contributed by atoms with E-state index < -0.39 is 0 Å². The fraction of sp³-hybridized carbons (Fsp3) is 0.125. The van der Waals surface area contributed by atoms with E-state index in [2.05, 4.69) is 5.32 Å². The van der Waals surface area contributed by atoms with Crippen LogP contribution in [-0.4, -0.2) is 13.5 Å². The van der Waals surface area contributed by atoms with Gasteiger partial charge in [-0.25, -0.2) is 0 Å². The second-order valence-corrected chi connectivity index (χ2v) is 1.93. The van der Waals surface area contributed by atoms with Crippen LogP contribution in [0.4, 0.5) is 5.69 Å². The van der Waals surface area contributed by atoms with E-state index in [0.29, 0.717) is 11.4 Å². The predicted molar refractivity (Wildman–Crippen MR) is 42.3 cm³/mol. The number of rotatable bonds is 3. The molecule has 1 rings (SSSR count). The number of hydrogen-bond donors (Lipinski definition) is 1. The van der Waals surface area contributed by atoms with Crippen LogP contribution in [0, 0.1) is 0 Å². The van der Waals surface area contributed by atoms with Gasteiger partial charge in [-0.15, -0.1) is 6.07 Å². The standard InChI is InChI=1S/C8H8NO2/c1-11-8-5-3-2-4-7(8)9-6-10/h2-5H,1H3,(H,9,10)/q-1. The lowest BCUT2D eigenvalue weighted by Crippen LogP contribution is -1.96. The Morgan fingerprint density at radius 1 is 1.45 bits per heavy atom. The van der Waals surface area contributed by atoms with Gasteiger partial charge in [-0.3, -0.25) is 0 Å². The first-order valence-electron chi connectivity index (χ1n) is 3.14. The summed E-state index contributed by atoms with van der Waals surface area (Å²) in [7, 11) is 1.55. The van der Waals surface area contributed by atoms with Crippen molar-refractivity contribution in [2.24, 2.45) is 0 Å². The number of para-hydroxylation sites is 2. The summed E-state index contributed by atoms with van der Waals surface area (Å²) in [5.74, 6) is 0.635. The second kappa shape index (κ2) is 3.61. The minimum absolute atomic E-state index is 0.630. The fourth-order valence-corrected chi connectivity index (χ4v) is 0.803. The van der Waals surface area contributed by atoms with Crippen molar-refractivity contribution in [1.29, 1.82) is 0 Å². The molecule has 0 unspecified atom stereocenters. The van der Waals surface area contributed by atoms with Crippen molar-refractivity contribution in [2.45, 2.75) is 0 Å². The van der Waals surface area contributed by atoms with Crippen molar-refractivity contribution in [3.05, 3.63) is 24.3 Å². The molecule has 3 nitrogen and oxygen atoms in total. The molecular weight excluding hydrogens is 142 g/mol. The molecule has 0 atom stereocenters. The van der Waals surface area contributed by atoms with Gasteiger partial charge in [0.15, 0.2) is 0 Å². The maximum atomic E-state index is 9.95. The van der Waals surface area contributed by atoms with Crippen molar-refractivity contribution >= 4 is 12.1 Å². The van der Waals surface area contributed by atoms with E-state index in [0.717, 1.165) is 0 Å². The molecule has 0 aliphatic heterocycles. The van der Waals surface area contributed by atoms with Gasteiger partial charge in [0.1, 0.15) is 0 Å². The predicted octanol–water partition coefficient (Wildman–Crippen LogP) is 1.17. The summed E-state index contributed by atoms with van der Waals surface area (Å²) in [4.78, 5) is 9.95. The van der Waals surface area contributed by atoms with Crippen molar-refractivity contribution < 1.29 is 9.53 Å². The first-order chi connectivity index (χ1) is 5.38. The Bertz CT molecular complexity index is 248. The maximum Gasteiger partial charge on any atom is 0.0753 e. The Kier molecular flexibility index (Phi) is 2.49. The molecular formula is C8H8NO2-. The molecule has 0 fully saturated rings. The lowest BCUT2D eigenvalue weighted by molar-refractivity contribution is 0.417. The van der Waals surface area contributed by atoms with E-state index >= 15 is 0 Å². The van der Waals surface area contributed by atoms with Gasteiger partial charge in [-0.1, -0.05) is 17.8 Å². The van der Waals surface area contributed by atoms with E-state index in [1.54, 1.807) is 25.7 Å². The first kappa shape index (κ1) is 7.60. The average Bonchev–Trinajstić information content (AvgIpc) is 2.06. The Morgan fingerprint density at radius 3 is 2.82 bits per heavy atom. The minimum atomic E-state index is 0.630. The van der Waals surface area contributed by atoms with Gasteiger partial charge in [0.05, 0.1) is 19.3 Å². The number of hydrogen-bond acceptors (Lipinski definition) is 2. The fourth-order valence-electron chi connectivity index (χ4n) is 0.803. The van der Waals surface area contributed by atoms with E-state index in [1.807, 2.05) is 12.1 Å². The molecule has 58 valence electrons. The molecule has 1 amide bonds. The topological polar surface area (TPSA) is 38.3 Å². The van der Waals surface area contributed by atoms with Crippen LogP contribution in [0.2, 0.25) is 0 Å². The summed E-state index contributed by atoms with van der Waals surface area (Å²) < 4.78 is 4.96. The number of carbonyl (C=O) groups excluding carboxylic acids is 1. The molecule has 0 saturated heterocycles. The van der Waals surface area contributed by atoms with Crippen LogP contribution in [-0.2, 0) is 4.79 Å². The van der Waals surface area contributed by atoms with Gasteiger partial charge in [-0.05, 0) is 6.07 Å². The molecule has 1 aromatic carbocycles. The van der Waals surface area contributed by atoms with Gasteiger partial charge in [-0.2, -0.15) is 0 Å². The number of amides is 1. The highest BCUT2D eigenvalue weighted by molar-refractivity contribution is 5.75. The smallest absolute Gasteiger partial charge is 0.0753 e. The summed E-state index contributed by atoms with van der Waals surface area (Å²) in [6, 6.07) is 7.14. The highest BCUT2D eigenvalue weighted by atomic mass is 16.5. The Balaban J connectivity index is 2.92. The molecule has 11 heavy (non-hydrogen) atoms. The summed E-state index contributed by atoms with van der Waals surface area (Å²) in [6.07, 6.45) is 1.58. The van der Waals surface area contributed by atoms with Crippen LogP contribution < -0.4 is 10.1 Å². The molecule has 0 aliphatic carbocycles. The molecule has 3 heteroatoms. The molecule has 0 aromatic heterocycles. The largest absolute Gasteiger partial charge is 0.514 e. The van der Waals surface area contributed by atoms with Crippen LogP contribution in [0.5, 0.6) is 5.75 Å². The van der Waals surface area contributed by atoms with Crippen LogP contribution in [0.1, 0.15) is 0 Å². The van der Waals surface area contributed by atoms with Crippen LogP contribution in [0.3, 0.4) is 0 Å². The zero-order valence-corrected chi connectivity index (χ0v) is 6.13. The van der Waals surface area contributed by atoms with Gasteiger partial charge in [0.2, 0.25) is 0 Å². The molecule has 0 heterocycles. The summed E-state index contributed by atoms with van der Waals surface area (Å²) >= 11 is 0. The Morgan fingerprint density at radius 2 is 2.18 bits per heavy atom. The molecule has 0 saturated carbocycles. The number of benzene rings is 1. The SMILES string of the molecule is COc1ccccc1N[C-]=O. The van der Waals surface area contributed by atoms with Gasteiger partial charge in [0.25, 0.3) is 0 Å². The highest BCUT2D eigenvalue weighted by Crippen LogP contribution is 2.21. The van der Waals surface area contributed by atoms with E-state index in [1.165, 1.54) is 0 Å². The van der Waals surface area contributed by atoms with Crippen LogP contribution >= 0.6 is 0 Å². The number of ether oxygens (including phenoxy) is 1. The average molecular weight is 150 g/mol. The zero-order valence-electron chi connectivity index (χ0n) is 6.13. The van der Waals surface area contributed by atoms with Crippen LogP contribution in [0.15, 0.2) is 24.3 Å². The third-order valence-electron chi connectivity index (χ3n) is 1.29. The molecule has 0 bridgehead atoms. The molecule has 1 aromatic rings. The van der Waals surface area contributed by atoms with Gasteiger partial charge >= 0.3 is 0 Å². The zero-order chi connectivity index (χ0) is 8.10. The highest BCUT2D eigenvalue weighted by Gasteiger charge is 1.88. The van der Waals surface area contributed by atoms with E-state index in [-0.39, 0.29) is 0 Å². The molecule has 1 N–H and O–H groups in total. The van der Waals surface area contributed by atoms with E-state index in [4.69, 9.17) is 4.74 Å². The number of methoxy groups -OCH3 is 1. The summed E-state index contributed by atoms with van der Waals surface area (Å²) in [6.45, 7) is 0. The number of anilines is 1. The maximum absolute atomic E-state index is 9.95. The minimum Gasteiger partial charge on any atom is -0.514 e. The summed E-state index contributed by atoms with van der Waals surface area (Å²) in [5.41, 5.74) is 0.630. The lowest BCUT2D eigenvalue weighted by atomic mass is 10.3. The molecule has 0 radical (unpaired) electrons. The van der Waals surface area contributed by atoms with Crippen molar-refractivity contribution in [3.8, 4) is 5.75 Å². The third kappa shape index (κ3) is 1.70. The van der Waals surface area contributed by atoms with Gasteiger partial charge in [0, 0.05) is 0 Å². The molecule has 0 aliphatic rings. The normalized spacial score (nSPS) is 8.82. The summed E-state index contributed by atoms with van der Waals surface area (Å²) in [5, 5.41) is 2.40. The first-order valence-corrected chi connectivity index (χ1v) is 3.14. The van der Waals surface area contributed by atoms with E-state index in [9.17, 15) is 4.79 Å². The van der Waals surface area contributed by atoms with Crippen molar-refractivity contribution in [3.63, 3.8) is 0 Å². The quantitative estimate of drug-likeness (QED) is 0.519. The Hall–Kier alpha value is -1.51. The van der Waals surface area contributed by atoms with Crippen molar-refractivity contribution in [1.82, 2.24) is 0 Å². The second-order valence-electron chi connectivity index (χ2n) is 1.93. The molecule has 0 spiro atoms. The lowest BCUT2D eigenvalue weighted by Gasteiger charge is -2.13. The number of nitrogens with one attached hydrogen (secondary N) is 1. The Labute approximate surface area is 65.0 Å². The third-order valence-corrected chi connectivity index (χ3v) is 1.29. The van der Waals surface area contributed by atoms with Crippen molar-refractivity contribution in [2.75, 3.05) is 12.4 Å². The van der Waals surface area contributed by atoms with Gasteiger partial charge < -0.3 is 14.8 Å². The van der Waals surface area contributed by atoms with Crippen LogP contribution in [0.25, 0.3) is 0 Å². The monoisotopic (exact) mass is 150 g/mol.